The van der Waals surface area contributed by atoms with Crippen molar-refractivity contribution in [2.24, 2.45) is 5.92 Å². The van der Waals surface area contributed by atoms with Crippen molar-refractivity contribution in [2.45, 2.75) is 38.1 Å². The van der Waals surface area contributed by atoms with Crippen molar-refractivity contribution in [2.75, 3.05) is 33.4 Å². The van der Waals surface area contributed by atoms with E-state index in [1.54, 1.807) is 17.0 Å². The Balaban J connectivity index is 1.64. The zero-order chi connectivity index (χ0) is 18.5. The number of piperidine rings is 2. The lowest BCUT2D eigenvalue weighted by atomic mass is 9.90. The summed E-state index contributed by atoms with van der Waals surface area (Å²) in [6.07, 6.45) is 4.40. The van der Waals surface area contributed by atoms with Crippen molar-refractivity contribution >= 4 is 11.8 Å². The number of hydrogen-bond donors (Lipinski definition) is 0. The summed E-state index contributed by atoms with van der Waals surface area (Å²) in [5.41, 5.74) is 1.01. The molecule has 0 bridgehead atoms. The topological polar surface area (TPSA) is 49.9 Å². The number of likely N-dealkylation sites (tertiary alicyclic amines) is 2. The quantitative estimate of drug-likeness (QED) is 0.828. The Hall–Kier alpha value is -1.95. The van der Waals surface area contributed by atoms with E-state index in [4.69, 9.17) is 4.74 Å². The van der Waals surface area contributed by atoms with Gasteiger partial charge in [-0.2, -0.15) is 0 Å². The van der Waals surface area contributed by atoms with Crippen LogP contribution in [0, 0.1) is 11.7 Å². The fourth-order valence-electron chi connectivity index (χ4n) is 4.05. The number of hydrogen-bond acceptors (Lipinski definition) is 3. The number of ether oxygens (including phenoxy) is 1. The summed E-state index contributed by atoms with van der Waals surface area (Å²) >= 11 is 0. The highest BCUT2D eigenvalue weighted by Crippen LogP contribution is 2.33. The Labute approximate surface area is 154 Å². The molecule has 0 aromatic heterocycles. The van der Waals surface area contributed by atoms with Crippen LogP contribution in [0.4, 0.5) is 4.39 Å². The van der Waals surface area contributed by atoms with Crippen LogP contribution in [-0.4, -0.2) is 55.0 Å². The molecule has 0 N–H and O–H groups in total. The highest BCUT2D eigenvalue weighted by Gasteiger charge is 2.34. The molecule has 6 heteroatoms. The van der Waals surface area contributed by atoms with E-state index in [2.05, 4.69) is 0 Å². The molecule has 2 saturated heterocycles. The Bertz CT molecular complexity index is 626. The lowest BCUT2D eigenvalue weighted by Crippen LogP contribution is -2.47. The third-order valence-corrected chi connectivity index (χ3v) is 5.51. The molecule has 2 fully saturated rings. The zero-order valence-electron chi connectivity index (χ0n) is 15.3. The van der Waals surface area contributed by atoms with Gasteiger partial charge < -0.3 is 14.5 Å². The second-order valence-electron chi connectivity index (χ2n) is 7.18. The Kier molecular flexibility index (Phi) is 6.25. The van der Waals surface area contributed by atoms with Gasteiger partial charge >= 0.3 is 0 Å². The molecule has 0 aliphatic carbocycles. The third-order valence-electron chi connectivity index (χ3n) is 5.51. The molecule has 3 rings (SSSR count). The maximum atomic E-state index is 13.2. The highest BCUT2D eigenvalue weighted by molar-refractivity contribution is 5.81. The summed E-state index contributed by atoms with van der Waals surface area (Å²) in [6.45, 7) is 2.06. The fourth-order valence-corrected chi connectivity index (χ4v) is 4.05. The van der Waals surface area contributed by atoms with Gasteiger partial charge in [-0.15, -0.1) is 0 Å². The number of carbonyl (C=O) groups excluding carboxylic acids is 2. The van der Waals surface area contributed by atoms with Crippen LogP contribution in [0.3, 0.4) is 0 Å². The molecule has 1 aromatic rings. The van der Waals surface area contributed by atoms with E-state index in [1.807, 2.05) is 4.90 Å². The predicted molar refractivity (Wildman–Crippen MR) is 95.9 cm³/mol. The Morgan fingerprint density at radius 1 is 1.08 bits per heavy atom. The van der Waals surface area contributed by atoms with Crippen LogP contribution in [-0.2, 0) is 14.3 Å². The van der Waals surface area contributed by atoms with Gasteiger partial charge in [0.15, 0.2) is 0 Å². The smallest absolute Gasteiger partial charge is 0.248 e. The van der Waals surface area contributed by atoms with E-state index >= 15 is 0 Å². The maximum Gasteiger partial charge on any atom is 0.248 e. The first-order valence-corrected chi connectivity index (χ1v) is 9.43. The molecule has 2 amide bonds. The SMILES string of the molecule is COCC(=O)N1CCC(C(=O)N2CCCC[C@H]2c2ccc(F)cc2)CC1. The monoisotopic (exact) mass is 362 g/mol. The van der Waals surface area contributed by atoms with Crippen molar-refractivity contribution in [1.29, 1.82) is 0 Å². The van der Waals surface area contributed by atoms with E-state index in [1.165, 1.54) is 19.2 Å². The first-order chi connectivity index (χ1) is 12.6. The summed E-state index contributed by atoms with van der Waals surface area (Å²) in [4.78, 5) is 28.8. The van der Waals surface area contributed by atoms with Crippen LogP contribution in [0.2, 0.25) is 0 Å². The lowest BCUT2D eigenvalue weighted by molar-refractivity contribution is -0.144. The van der Waals surface area contributed by atoms with E-state index < -0.39 is 0 Å². The zero-order valence-corrected chi connectivity index (χ0v) is 15.3. The molecule has 5 nitrogen and oxygen atoms in total. The normalized spacial score (nSPS) is 21.7. The molecule has 0 unspecified atom stereocenters. The molecule has 0 radical (unpaired) electrons. The molecule has 1 atom stereocenters. The van der Waals surface area contributed by atoms with Crippen molar-refractivity contribution in [1.82, 2.24) is 9.80 Å². The van der Waals surface area contributed by atoms with Crippen LogP contribution < -0.4 is 0 Å². The molecule has 0 spiro atoms. The maximum absolute atomic E-state index is 13.2. The van der Waals surface area contributed by atoms with Crippen molar-refractivity contribution in [3.05, 3.63) is 35.6 Å². The van der Waals surface area contributed by atoms with E-state index in [0.717, 1.165) is 31.4 Å². The minimum Gasteiger partial charge on any atom is -0.375 e. The lowest BCUT2D eigenvalue weighted by Gasteiger charge is -2.40. The van der Waals surface area contributed by atoms with E-state index in [0.29, 0.717) is 25.9 Å². The van der Waals surface area contributed by atoms with Gasteiger partial charge in [-0.05, 0) is 49.8 Å². The second-order valence-corrected chi connectivity index (χ2v) is 7.18. The largest absolute Gasteiger partial charge is 0.375 e. The molecule has 26 heavy (non-hydrogen) atoms. The van der Waals surface area contributed by atoms with Crippen LogP contribution >= 0.6 is 0 Å². The molecule has 0 saturated carbocycles. The number of carbonyl (C=O) groups is 2. The molecular weight excluding hydrogens is 335 g/mol. The summed E-state index contributed by atoms with van der Waals surface area (Å²) in [6, 6.07) is 6.54. The number of methoxy groups -OCH3 is 1. The molecule has 1 aromatic carbocycles. The predicted octanol–water partition coefficient (Wildman–Crippen LogP) is 2.76. The van der Waals surface area contributed by atoms with Crippen molar-refractivity contribution < 1.29 is 18.7 Å². The van der Waals surface area contributed by atoms with Crippen LogP contribution in [0.15, 0.2) is 24.3 Å². The number of nitrogens with zero attached hydrogens (tertiary/aromatic N) is 2. The van der Waals surface area contributed by atoms with Gasteiger partial charge in [-0.1, -0.05) is 12.1 Å². The molecular formula is C20H27FN2O3. The molecule has 2 aliphatic rings. The van der Waals surface area contributed by atoms with Gasteiger partial charge in [0.25, 0.3) is 0 Å². The van der Waals surface area contributed by atoms with Gasteiger partial charge in [0.2, 0.25) is 11.8 Å². The number of rotatable bonds is 4. The fraction of sp³-hybridized carbons (Fsp3) is 0.600. The average molecular weight is 362 g/mol. The molecule has 2 heterocycles. The summed E-state index contributed by atoms with van der Waals surface area (Å²) in [5.74, 6) is -0.128. The minimum absolute atomic E-state index is 0.0134. The number of benzene rings is 1. The molecule has 2 aliphatic heterocycles. The minimum atomic E-state index is -0.254. The van der Waals surface area contributed by atoms with Gasteiger partial charge in [0.05, 0.1) is 6.04 Å². The van der Waals surface area contributed by atoms with E-state index in [-0.39, 0.29) is 36.2 Å². The van der Waals surface area contributed by atoms with Gasteiger partial charge in [0, 0.05) is 32.7 Å². The van der Waals surface area contributed by atoms with Crippen LogP contribution in [0.25, 0.3) is 0 Å². The van der Waals surface area contributed by atoms with Crippen molar-refractivity contribution in [3.8, 4) is 0 Å². The van der Waals surface area contributed by atoms with Gasteiger partial charge in [0.1, 0.15) is 12.4 Å². The number of halogens is 1. The summed E-state index contributed by atoms with van der Waals surface area (Å²) in [5, 5.41) is 0. The van der Waals surface area contributed by atoms with Crippen molar-refractivity contribution in [3.63, 3.8) is 0 Å². The van der Waals surface area contributed by atoms with Crippen LogP contribution in [0.5, 0.6) is 0 Å². The molecule has 142 valence electrons. The van der Waals surface area contributed by atoms with Gasteiger partial charge in [-0.25, -0.2) is 4.39 Å². The van der Waals surface area contributed by atoms with Crippen LogP contribution in [0.1, 0.15) is 43.7 Å². The second kappa shape index (κ2) is 8.62. The summed E-state index contributed by atoms with van der Waals surface area (Å²) in [7, 11) is 1.51. The van der Waals surface area contributed by atoms with Gasteiger partial charge in [-0.3, -0.25) is 9.59 Å². The highest BCUT2D eigenvalue weighted by atomic mass is 19.1. The standard InChI is InChI=1S/C20H27FN2O3/c1-26-14-19(24)22-12-9-16(10-13-22)20(25)23-11-3-2-4-18(23)15-5-7-17(21)8-6-15/h5-8,16,18H,2-4,9-14H2,1H3/t18-/m0/s1. The van der Waals surface area contributed by atoms with E-state index in [9.17, 15) is 14.0 Å². The first kappa shape index (κ1) is 18.8. The number of amides is 2. The first-order valence-electron chi connectivity index (χ1n) is 9.43. The summed E-state index contributed by atoms with van der Waals surface area (Å²) < 4.78 is 18.1. The third kappa shape index (κ3) is 4.23. The average Bonchev–Trinajstić information content (AvgIpc) is 2.68. The Morgan fingerprint density at radius 2 is 1.77 bits per heavy atom. The Morgan fingerprint density at radius 3 is 2.42 bits per heavy atom.